The van der Waals surface area contributed by atoms with E-state index in [4.69, 9.17) is 4.74 Å². The third-order valence-corrected chi connectivity index (χ3v) is 4.84. The molecule has 0 radical (unpaired) electrons. The Balaban J connectivity index is 2.19. The van der Waals surface area contributed by atoms with E-state index in [1.54, 1.807) is 24.3 Å². The highest BCUT2D eigenvalue weighted by Gasteiger charge is 2.38. The van der Waals surface area contributed by atoms with Crippen molar-refractivity contribution in [1.29, 1.82) is 0 Å². The van der Waals surface area contributed by atoms with E-state index in [1.807, 2.05) is 20.8 Å². The lowest BCUT2D eigenvalue weighted by Gasteiger charge is -2.15. The van der Waals surface area contributed by atoms with Crippen LogP contribution in [0.1, 0.15) is 39.7 Å². The van der Waals surface area contributed by atoms with Crippen molar-refractivity contribution >= 4 is 40.7 Å². The lowest BCUT2D eigenvalue weighted by molar-refractivity contribution is -0.136. The molecule has 2 rings (SSSR count). The zero-order chi connectivity index (χ0) is 20.0. The summed E-state index contributed by atoms with van der Waals surface area (Å²) in [7, 11) is 0. The van der Waals surface area contributed by atoms with Crippen LogP contribution in [-0.2, 0) is 19.1 Å². The van der Waals surface area contributed by atoms with Gasteiger partial charge in [0.25, 0.3) is 11.8 Å². The van der Waals surface area contributed by atoms with Crippen molar-refractivity contribution in [3.05, 3.63) is 34.7 Å². The third kappa shape index (κ3) is 5.43. The second-order valence-corrected chi connectivity index (χ2v) is 7.70. The standard InChI is InChI=1S/C20H26N2O4S/c1-5-27-18-17(15-7-9-16(10-8-15)21-14(4)23)19(24)22(20(18)25)11-6-12-26-13(2)3/h7-10,13H,5-6,11-12H2,1-4H3,(H,21,23). The van der Waals surface area contributed by atoms with Crippen LogP contribution < -0.4 is 5.32 Å². The number of imide groups is 1. The van der Waals surface area contributed by atoms with E-state index >= 15 is 0 Å². The van der Waals surface area contributed by atoms with Gasteiger partial charge in [0.1, 0.15) is 0 Å². The van der Waals surface area contributed by atoms with Gasteiger partial charge in [-0.1, -0.05) is 19.1 Å². The predicted molar refractivity (Wildman–Crippen MR) is 108 cm³/mol. The van der Waals surface area contributed by atoms with Crippen LogP contribution in [-0.4, -0.2) is 47.6 Å². The molecule has 0 atom stereocenters. The third-order valence-electron chi connectivity index (χ3n) is 3.89. The average molecular weight is 391 g/mol. The Morgan fingerprint density at radius 2 is 1.85 bits per heavy atom. The van der Waals surface area contributed by atoms with Crippen molar-refractivity contribution in [2.45, 2.75) is 40.2 Å². The van der Waals surface area contributed by atoms with Crippen LogP contribution in [0.15, 0.2) is 29.2 Å². The van der Waals surface area contributed by atoms with Crippen LogP contribution in [0.3, 0.4) is 0 Å². The normalized spacial score (nSPS) is 14.5. The summed E-state index contributed by atoms with van der Waals surface area (Å²) in [5, 5.41) is 2.69. The molecule has 6 nitrogen and oxygen atoms in total. The maximum Gasteiger partial charge on any atom is 0.267 e. The van der Waals surface area contributed by atoms with Gasteiger partial charge in [0.15, 0.2) is 0 Å². The maximum atomic E-state index is 12.9. The van der Waals surface area contributed by atoms with Crippen molar-refractivity contribution in [2.75, 3.05) is 24.2 Å². The van der Waals surface area contributed by atoms with Gasteiger partial charge in [0.2, 0.25) is 5.91 Å². The van der Waals surface area contributed by atoms with Crippen LogP contribution in [0.4, 0.5) is 5.69 Å². The lowest BCUT2D eigenvalue weighted by atomic mass is 10.1. The number of nitrogens with one attached hydrogen (secondary N) is 1. The molecule has 0 fully saturated rings. The first-order chi connectivity index (χ1) is 12.8. The van der Waals surface area contributed by atoms with Crippen molar-refractivity contribution in [1.82, 2.24) is 4.90 Å². The minimum absolute atomic E-state index is 0.122. The van der Waals surface area contributed by atoms with E-state index in [2.05, 4.69) is 5.32 Å². The Morgan fingerprint density at radius 3 is 2.41 bits per heavy atom. The molecular weight excluding hydrogens is 364 g/mol. The summed E-state index contributed by atoms with van der Waals surface area (Å²) in [4.78, 5) is 38.6. The number of hydrogen-bond donors (Lipinski definition) is 1. The summed E-state index contributed by atoms with van der Waals surface area (Å²) in [5.41, 5.74) is 1.77. The first kappa shape index (κ1) is 21.2. The molecule has 7 heteroatoms. The van der Waals surface area contributed by atoms with Crippen molar-refractivity contribution in [3.63, 3.8) is 0 Å². The van der Waals surface area contributed by atoms with Gasteiger partial charge in [-0.05, 0) is 43.7 Å². The molecule has 1 aromatic carbocycles. The van der Waals surface area contributed by atoms with Gasteiger partial charge >= 0.3 is 0 Å². The molecule has 1 aliphatic heterocycles. The lowest BCUT2D eigenvalue weighted by Crippen LogP contribution is -2.33. The number of carbonyl (C=O) groups excluding carboxylic acids is 3. The van der Waals surface area contributed by atoms with E-state index in [0.29, 0.717) is 47.1 Å². The molecule has 0 aromatic heterocycles. The molecule has 0 saturated carbocycles. The Kier molecular flexibility index (Phi) is 7.62. The minimum Gasteiger partial charge on any atom is -0.379 e. The van der Waals surface area contributed by atoms with Gasteiger partial charge < -0.3 is 10.1 Å². The summed E-state index contributed by atoms with van der Waals surface area (Å²) in [6.45, 7) is 8.13. The highest BCUT2D eigenvalue weighted by molar-refractivity contribution is 8.04. The first-order valence-corrected chi connectivity index (χ1v) is 10.1. The first-order valence-electron chi connectivity index (χ1n) is 9.08. The SMILES string of the molecule is CCSC1=C(c2ccc(NC(C)=O)cc2)C(=O)N(CCCOC(C)C)C1=O. The van der Waals surface area contributed by atoms with Crippen molar-refractivity contribution in [2.24, 2.45) is 0 Å². The Labute approximate surface area is 164 Å². The fourth-order valence-electron chi connectivity index (χ4n) is 2.75. The molecule has 0 saturated heterocycles. The maximum absolute atomic E-state index is 12.9. The van der Waals surface area contributed by atoms with E-state index < -0.39 is 0 Å². The number of amides is 3. The zero-order valence-corrected chi connectivity index (χ0v) is 17.0. The van der Waals surface area contributed by atoms with Gasteiger partial charge in [-0.25, -0.2) is 0 Å². The smallest absolute Gasteiger partial charge is 0.267 e. The molecule has 1 aliphatic rings. The second kappa shape index (κ2) is 9.71. The number of hydrogen-bond acceptors (Lipinski definition) is 5. The molecule has 1 N–H and O–H groups in total. The summed E-state index contributed by atoms with van der Waals surface area (Å²) >= 11 is 1.38. The summed E-state index contributed by atoms with van der Waals surface area (Å²) in [6, 6.07) is 6.98. The number of rotatable bonds is 9. The van der Waals surface area contributed by atoms with E-state index in [-0.39, 0.29) is 23.8 Å². The molecule has 146 valence electrons. The molecule has 27 heavy (non-hydrogen) atoms. The van der Waals surface area contributed by atoms with E-state index in [0.717, 1.165) is 0 Å². The zero-order valence-electron chi connectivity index (χ0n) is 16.2. The van der Waals surface area contributed by atoms with Crippen molar-refractivity contribution in [3.8, 4) is 0 Å². The number of thioether (sulfide) groups is 1. The number of ether oxygens (including phenoxy) is 1. The molecule has 1 heterocycles. The van der Waals surface area contributed by atoms with E-state index in [1.165, 1.54) is 23.6 Å². The van der Waals surface area contributed by atoms with Gasteiger partial charge in [-0.3, -0.25) is 19.3 Å². The fourth-order valence-corrected chi connectivity index (χ4v) is 3.63. The molecule has 3 amide bonds. The molecule has 0 spiro atoms. The van der Waals surface area contributed by atoms with Gasteiger partial charge in [-0.2, -0.15) is 0 Å². The Hall–Kier alpha value is -2.12. The summed E-state index contributed by atoms with van der Waals surface area (Å²) in [5.74, 6) is 0.0304. The van der Waals surface area contributed by atoms with E-state index in [9.17, 15) is 14.4 Å². The van der Waals surface area contributed by atoms with Crippen LogP contribution in [0.2, 0.25) is 0 Å². The largest absolute Gasteiger partial charge is 0.379 e. The number of anilines is 1. The van der Waals surface area contributed by atoms with Crippen LogP contribution in [0.5, 0.6) is 0 Å². The Morgan fingerprint density at radius 1 is 1.19 bits per heavy atom. The van der Waals surface area contributed by atoms with Crippen LogP contribution in [0, 0.1) is 0 Å². The number of benzene rings is 1. The van der Waals surface area contributed by atoms with Crippen molar-refractivity contribution < 1.29 is 19.1 Å². The second-order valence-electron chi connectivity index (χ2n) is 6.43. The summed E-state index contributed by atoms with van der Waals surface area (Å²) in [6.07, 6.45) is 0.728. The van der Waals surface area contributed by atoms with Crippen LogP contribution >= 0.6 is 11.8 Å². The number of nitrogens with zero attached hydrogens (tertiary/aromatic N) is 1. The minimum atomic E-state index is -0.271. The monoisotopic (exact) mass is 390 g/mol. The molecule has 0 aliphatic carbocycles. The van der Waals surface area contributed by atoms with Gasteiger partial charge in [0.05, 0.1) is 16.6 Å². The Bertz CT molecular complexity index is 741. The molecule has 0 unspecified atom stereocenters. The predicted octanol–water partition coefficient (Wildman–Crippen LogP) is 3.29. The number of carbonyl (C=O) groups is 3. The highest BCUT2D eigenvalue weighted by atomic mass is 32.2. The highest BCUT2D eigenvalue weighted by Crippen LogP contribution is 2.36. The fraction of sp³-hybridized carbons (Fsp3) is 0.450. The average Bonchev–Trinajstić information content (AvgIpc) is 2.83. The van der Waals surface area contributed by atoms with Gasteiger partial charge in [0, 0.05) is 25.8 Å². The summed E-state index contributed by atoms with van der Waals surface area (Å²) < 4.78 is 5.50. The topological polar surface area (TPSA) is 75.7 Å². The quantitative estimate of drug-likeness (QED) is 0.517. The molecular formula is C20H26N2O4S. The van der Waals surface area contributed by atoms with Crippen LogP contribution in [0.25, 0.3) is 5.57 Å². The molecule has 0 bridgehead atoms. The van der Waals surface area contributed by atoms with Gasteiger partial charge in [-0.15, -0.1) is 11.8 Å². The molecule has 1 aromatic rings.